The molecular weight excluding hydrogens is 1140 g/mol. The van der Waals surface area contributed by atoms with E-state index >= 15 is 0 Å². The topological polar surface area (TPSA) is 37.5 Å². The second-order valence-electron chi connectivity index (χ2n) is 23.0. The molecular formula is C76H73N2O3P5. The SMILES string of the molecule is CN(P(c1ccccc1)c1ccccc1)C1(Cc2ccccc2)O[PH](c2ccccc2)(c2ccccc2)[C@H]1C1(N(C)P(c2ccccc2)c2ccccc2)CCCO[PH](c2ccccc2)(c2ccccc2)[C@]12O[PH]2(c1ccccc1)c1ccccc1. The van der Waals surface area contributed by atoms with Crippen LogP contribution in [-0.4, -0.2) is 52.0 Å². The number of likely N-dealkylation sites (N-methyl/N-ethyl adjacent to an activating group) is 2. The number of nitrogens with zero attached hydrogens (tertiary/aromatic N) is 2. The van der Waals surface area contributed by atoms with Gasteiger partial charge in [0.05, 0.1) is 0 Å². The standard InChI is InChI=1S/C76H73N2O3P5/c1-77(82(63-39-16-4-17-40-63)64-41-18-5-19-42-64)74(59-36-60-79-85(69-51-28-10-29-52-69,70-53-30-11-31-54-70)76(74)81-86(76,71-55-32-12-33-56-71)72-57-34-13-35-58-72)73-75(61-62-37-14-3-15-38-62,78(2)83(65-43-20-6-21-44-65)66-45-22-7-23-46-66)80-84(73,67-47-24-8-25-48-67)68-49-26-9-27-50-68/h3-35,37-58,73,84-86H,36,59-61H2,1-2H3/t73-,74?,75?,76+/m0/s1. The molecule has 3 aliphatic rings. The fourth-order valence-corrected chi connectivity index (χ4v) is 41.1. The zero-order valence-electron chi connectivity index (χ0n) is 48.7. The van der Waals surface area contributed by atoms with Crippen molar-refractivity contribution < 1.29 is 13.6 Å². The van der Waals surface area contributed by atoms with Gasteiger partial charge in [-0.15, -0.1) is 0 Å². The average molecular weight is 1220 g/mol. The number of hydrogen-bond acceptors (Lipinski definition) is 5. The molecule has 86 heavy (non-hydrogen) atoms. The first-order valence-electron chi connectivity index (χ1n) is 30.1. The molecule has 3 saturated heterocycles. The summed E-state index contributed by atoms with van der Waals surface area (Å²) in [5, 5.41) is 11.4. The summed E-state index contributed by atoms with van der Waals surface area (Å²) in [5.41, 5.74) is -1.08. The van der Waals surface area contributed by atoms with E-state index in [1.54, 1.807) is 0 Å². The van der Waals surface area contributed by atoms with Gasteiger partial charge in [-0.2, -0.15) is 0 Å². The van der Waals surface area contributed by atoms with E-state index in [1.807, 2.05) is 0 Å². The molecule has 0 amide bonds. The van der Waals surface area contributed by atoms with E-state index in [9.17, 15) is 4.52 Å². The Bertz CT molecular complexity index is 3790. The van der Waals surface area contributed by atoms with Gasteiger partial charge >= 0.3 is 516 Å². The van der Waals surface area contributed by atoms with Crippen molar-refractivity contribution in [2.45, 2.75) is 41.3 Å². The molecule has 0 N–H and O–H groups in total. The van der Waals surface area contributed by atoms with Gasteiger partial charge in [0.2, 0.25) is 0 Å². The summed E-state index contributed by atoms with van der Waals surface area (Å²) in [4.78, 5) is 0. The normalized spacial score (nSPS) is 23.0. The van der Waals surface area contributed by atoms with Crippen LogP contribution < -0.4 is 53.0 Å². The first-order valence-corrected chi connectivity index (χ1v) is 38.5. The fourth-order valence-electron chi connectivity index (χ4n) is 15.5. The van der Waals surface area contributed by atoms with Crippen molar-refractivity contribution in [1.82, 2.24) is 9.34 Å². The van der Waals surface area contributed by atoms with Gasteiger partial charge in [0.25, 0.3) is 0 Å². The molecule has 0 aliphatic carbocycles. The van der Waals surface area contributed by atoms with Crippen LogP contribution in [0.4, 0.5) is 0 Å². The van der Waals surface area contributed by atoms with Gasteiger partial charge in [-0.3, -0.25) is 0 Å². The van der Waals surface area contributed by atoms with Crippen LogP contribution in [0.3, 0.4) is 0 Å². The van der Waals surface area contributed by atoms with Crippen LogP contribution in [0.5, 0.6) is 0 Å². The summed E-state index contributed by atoms with van der Waals surface area (Å²) in [7, 11) is -9.14. The molecule has 10 heteroatoms. The first-order chi connectivity index (χ1) is 42.4. The van der Waals surface area contributed by atoms with E-state index in [2.05, 4.69) is 357 Å². The molecule has 4 atom stereocenters. The van der Waals surface area contributed by atoms with Gasteiger partial charge in [0.15, 0.2) is 0 Å². The fraction of sp³-hybridized carbons (Fsp3) is 0.132. The van der Waals surface area contributed by atoms with Crippen LogP contribution in [0.25, 0.3) is 0 Å². The van der Waals surface area contributed by atoms with Crippen LogP contribution in [0, 0.1) is 0 Å². The van der Waals surface area contributed by atoms with E-state index in [0.717, 1.165) is 12.8 Å². The number of rotatable bonds is 17. The Morgan fingerprint density at radius 2 is 0.663 bits per heavy atom. The maximum atomic E-state index is 9.24. The van der Waals surface area contributed by atoms with E-state index in [4.69, 9.17) is 9.05 Å². The molecule has 0 bridgehead atoms. The molecule has 430 valence electrons. The molecule has 11 aromatic rings. The van der Waals surface area contributed by atoms with Crippen molar-refractivity contribution in [3.63, 3.8) is 0 Å². The van der Waals surface area contributed by atoms with Gasteiger partial charge in [-0.1, -0.05) is 0 Å². The molecule has 14 rings (SSSR count). The quantitative estimate of drug-likeness (QED) is 0.0671. The van der Waals surface area contributed by atoms with Crippen LogP contribution in [-0.2, 0) is 20.0 Å². The van der Waals surface area contributed by atoms with Gasteiger partial charge in [0, 0.05) is 0 Å². The summed E-state index contributed by atoms with van der Waals surface area (Å²) >= 11 is 0. The third-order valence-corrected chi connectivity index (χ3v) is 39.6. The van der Waals surface area contributed by atoms with E-state index in [0.29, 0.717) is 13.0 Å². The Morgan fingerprint density at radius 3 is 1.02 bits per heavy atom. The maximum absolute atomic E-state index is 9.24. The zero-order chi connectivity index (χ0) is 58.1. The molecule has 3 heterocycles. The third-order valence-electron chi connectivity index (χ3n) is 18.7. The Morgan fingerprint density at radius 1 is 0.360 bits per heavy atom. The minimum atomic E-state index is -3.94. The summed E-state index contributed by atoms with van der Waals surface area (Å²) in [6, 6.07) is 126. The monoisotopic (exact) mass is 1220 g/mol. The Labute approximate surface area is 512 Å². The van der Waals surface area contributed by atoms with Crippen molar-refractivity contribution in [2.75, 3.05) is 20.7 Å². The average Bonchev–Trinajstić information content (AvgIpc) is 1.39. The molecule has 1 spiro atoms. The van der Waals surface area contributed by atoms with Crippen molar-refractivity contribution in [3.05, 3.63) is 339 Å². The van der Waals surface area contributed by atoms with Gasteiger partial charge in [-0.05, 0) is 0 Å². The molecule has 0 saturated carbocycles. The molecule has 2 unspecified atom stereocenters. The van der Waals surface area contributed by atoms with Gasteiger partial charge < -0.3 is 0 Å². The zero-order valence-corrected chi connectivity index (χ0v) is 53.5. The molecule has 3 aliphatic heterocycles. The van der Waals surface area contributed by atoms with Crippen molar-refractivity contribution in [1.29, 1.82) is 0 Å². The Hall–Kier alpha value is -6.63. The van der Waals surface area contributed by atoms with Crippen LogP contribution in [0.1, 0.15) is 18.4 Å². The van der Waals surface area contributed by atoms with E-state index in [-0.39, 0.29) is 5.66 Å². The number of benzene rings is 11. The molecule has 5 nitrogen and oxygen atoms in total. The van der Waals surface area contributed by atoms with Crippen LogP contribution in [0.15, 0.2) is 334 Å². The third kappa shape index (κ3) is 9.13. The Balaban J connectivity index is 1.24. The summed E-state index contributed by atoms with van der Waals surface area (Å²) in [5.74, 6) is 0. The van der Waals surface area contributed by atoms with Crippen molar-refractivity contribution >= 4 is 91.7 Å². The summed E-state index contributed by atoms with van der Waals surface area (Å²) < 4.78 is 32.7. The van der Waals surface area contributed by atoms with Crippen molar-refractivity contribution in [3.8, 4) is 0 Å². The predicted molar refractivity (Wildman–Crippen MR) is 375 cm³/mol. The minimum absolute atomic E-state index is 0.305. The van der Waals surface area contributed by atoms with Crippen LogP contribution >= 0.6 is 38.6 Å². The van der Waals surface area contributed by atoms with Crippen LogP contribution in [0.2, 0.25) is 0 Å². The number of hydrogen-bond donors (Lipinski definition) is 0. The molecule has 3 fully saturated rings. The second kappa shape index (κ2) is 24.2. The first kappa shape index (κ1) is 57.1. The molecule has 11 aromatic carbocycles. The Kier molecular flexibility index (Phi) is 16.0. The van der Waals surface area contributed by atoms with E-state index in [1.165, 1.54) is 58.6 Å². The van der Waals surface area contributed by atoms with E-state index < -0.39 is 55.0 Å². The molecule has 0 aromatic heterocycles. The van der Waals surface area contributed by atoms with Gasteiger partial charge in [0.1, 0.15) is 0 Å². The van der Waals surface area contributed by atoms with Gasteiger partial charge in [-0.25, -0.2) is 0 Å². The predicted octanol–water partition coefficient (Wildman–Crippen LogP) is 13.5. The second-order valence-corrected chi connectivity index (χ2v) is 38.4. The van der Waals surface area contributed by atoms with Crippen molar-refractivity contribution in [2.24, 2.45) is 0 Å². The summed E-state index contributed by atoms with van der Waals surface area (Å²) in [6.07, 6.45) is 2.11. The summed E-state index contributed by atoms with van der Waals surface area (Å²) in [6.45, 7) is 0.542. The molecule has 0 radical (unpaired) electrons.